The van der Waals surface area contributed by atoms with Crippen LogP contribution in [0.4, 0.5) is 5.69 Å². The number of hydrogen-bond donors (Lipinski definition) is 2. The highest BCUT2D eigenvalue weighted by Crippen LogP contribution is 2.37. The van der Waals surface area contributed by atoms with Crippen LogP contribution in [-0.4, -0.2) is 36.0 Å². The Morgan fingerprint density at radius 2 is 1.74 bits per heavy atom. The maximum Gasteiger partial charge on any atom is 0.338 e. The van der Waals surface area contributed by atoms with Crippen LogP contribution in [0, 0.1) is 13.8 Å². The van der Waals surface area contributed by atoms with Gasteiger partial charge in [0.1, 0.15) is 11.8 Å². The molecule has 7 nitrogen and oxygen atoms in total. The van der Waals surface area contributed by atoms with Gasteiger partial charge in [0.2, 0.25) is 5.91 Å². The van der Waals surface area contributed by atoms with Crippen molar-refractivity contribution in [1.82, 2.24) is 5.32 Å². The minimum Gasteiger partial charge on any atom is -0.494 e. The topological polar surface area (TPSA) is 89.0 Å². The number of thioether (sulfide) groups is 1. The van der Waals surface area contributed by atoms with E-state index in [9.17, 15) is 9.59 Å². The predicted octanol–water partition coefficient (Wildman–Crippen LogP) is 4.91. The zero-order valence-corrected chi connectivity index (χ0v) is 21.0. The average Bonchev–Trinajstić information content (AvgIpc) is 2.80. The van der Waals surface area contributed by atoms with Crippen molar-refractivity contribution in [3.8, 4) is 5.75 Å². The number of aryl methyl sites for hydroxylation is 2. The SMILES string of the molecule is CCOC(=O)C1=C(C)NC(SCC(=O)Nc2c(C)cccc2C)=N[C@H]1c1ccccc1OCC. The summed E-state index contributed by atoms with van der Waals surface area (Å²) in [5, 5.41) is 6.72. The summed E-state index contributed by atoms with van der Waals surface area (Å²) in [4.78, 5) is 30.3. The normalized spacial score (nSPS) is 15.3. The van der Waals surface area contributed by atoms with Gasteiger partial charge in [0.25, 0.3) is 0 Å². The Bertz CT molecular complexity index is 1110. The smallest absolute Gasteiger partial charge is 0.338 e. The molecule has 0 radical (unpaired) electrons. The van der Waals surface area contributed by atoms with Crippen LogP contribution in [0.25, 0.3) is 0 Å². The van der Waals surface area contributed by atoms with Gasteiger partial charge in [0.15, 0.2) is 5.17 Å². The number of amides is 1. The second-order valence-electron chi connectivity index (χ2n) is 7.80. The van der Waals surface area contributed by atoms with E-state index in [1.165, 1.54) is 11.8 Å². The van der Waals surface area contributed by atoms with Gasteiger partial charge in [-0.05, 0) is 51.8 Å². The van der Waals surface area contributed by atoms with Gasteiger partial charge < -0.3 is 20.1 Å². The van der Waals surface area contributed by atoms with E-state index >= 15 is 0 Å². The number of esters is 1. The van der Waals surface area contributed by atoms with Crippen LogP contribution in [0.1, 0.15) is 43.5 Å². The molecule has 1 aliphatic rings. The van der Waals surface area contributed by atoms with Gasteiger partial charge in [-0.2, -0.15) is 0 Å². The molecule has 2 aromatic rings. The molecule has 0 fully saturated rings. The molecule has 1 atom stereocenters. The van der Waals surface area contributed by atoms with Gasteiger partial charge in [-0.3, -0.25) is 4.79 Å². The summed E-state index contributed by atoms with van der Waals surface area (Å²) in [5.41, 5.74) is 4.69. The number of nitrogens with zero attached hydrogens (tertiary/aromatic N) is 1. The van der Waals surface area contributed by atoms with Crippen LogP contribution >= 0.6 is 11.8 Å². The zero-order chi connectivity index (χ0) is 24.7. The van der Waals surface area contributed by atoms with E-state index in [4.69, 9.17) is 14.5 Å². The molecule has 3 rings (SSSR count). The summed E-state index contributed by atoms with van der Waals surface area (Å²) >= 11 is 1.28. The van der Waals surface area contributed by atoms with Crippen molar-refractivity contribution >= 4 is 34.5 Å². The molecule has 0 saturated carbocycles. The standard InChI is InChI=1S/C26H31N3O4S/c1-6-32-20-14-9-8-13-19(20)24-22(25(31)33-7-2)18(5)27-26(29-24)34-15-21(30)28-23-16(3)11-10-12-17(23)4/h8-14,24H,6-7,15H2,1-5H3,(H,27,29)(H,28,30)/t24-/m0/s1. The Hall–Kier alpha value is -3.26. The molecule has 0 bridgehead atoms. The third-order valence-corrected chi connectivity index (χ3v) is 6.20. The lowest BCUT2D eigenvalue weighted by Crippen LogP contribution is -2.31. The van der Waals surface area contributed by atoms with E-state index in [2.05, 4.69) is 10.6 Å². The van der Waals surface area contributed by atoms with Gasteiger partial charge in [-0.15, -0.1) is 0 Å². The molecule has 0 unspecified atom stereocenters. The maximum absolute atomic E-state index is 12.8. The minimum atomic E-state index is -0.604. The van der Waals surface area contributed by atoms with Crippen LogP contribution in [0.15, 0.2) is 58.7 Å². The number of para-hydroxylation sites is 2. The summed E-state index contributed by atoms with van der Waals surface area (Å²) in [6.07, 6.45) is 0. The van der Waals surface area contributed by atoms with Crippen molar-refractivity contribution in [2.45, 2.75) is 40.7 Å². The average molecular weight is 482 g/mol. The molecule has 0 aliphatic carbocycles. The molecule has 8 heteroatoms. The molecule has 0 saturated heterocycles. The molecule has 0 aromatic heterocycles. The summed E-state index contributed by atoms with van der Waals surface area (Å²) in [6.45, 7) is 10.2. The Morgan fingerprint density at radius 1 is 1.03 bits per heavy atom. The number of anilines is 1. The van der Waals surface area contributed by atoms with Gasteiger partial charge in [0.05, 0.1) is 24.5 Å². The lowest BCUT2D eigenvalue weighted by Gasteiger charge is -2.26. The Balaban J connectivity index is 1.84. The number of rotatable bonds is 8. The Morgan fingerprint density at radius 3 is 2.41 bits per heavy atom. The number of amidine groups is 1. The summed E-state index contributed by atoms with van der Waals surface area (Å²) < 4.78 is 11.1. The van der Waals surface area contributed by atoms with E-state index < -0.39 is 12.0 Å². The van der Waals surface area contributed by atoms with Crippen molar-refractivity contribution < 1.29 is 19.1 Å². The van der Waals surface area contributed by atoms with Crippen LogP contribution < -0.4 is 15.4 Å². The highest BCUT2D eigenvalue weighted by Gasteiger charge is 2.32. The van der Waals surface area contributed by atoms with Crippen molar-refractivity contribution in [2.75, 3.05) is 24.3 Å². The number of carbonyl (C=O) groups is 2. The van der Waals surface area contributed by atoms with Crippen LogP contribution in [0.3, 0.4) is 0 Å². The third-order valence-electron chi connectivity index (χ3n) is 5.31. The molecule has 2 N–H and O–H groups in total. The number of carbonyl (C=O) groups excluding carboxylic acids is 2. The molecule has 180 valence electrons. The first-order chi connectivity index (χ1) is 16.3. The fraction of sp³-hybridized carbons (Fsp3) is 0.346. The number of allylic oxidation sites excluding steroid dienone is 1. The largest absolute Gasteiger partial charge is 0.494 e. The van der Waals surface area contributed by atoms with E-state index in [1.54, 1.807) is 6.92 Å². The number of aliphatic imine (C=N–C) groups is 1. The maximum atomic E-state index is 12.8. The molecule has 2 aromatic carbocycles. The first-order valence-corrected chi connectivity index (χ1v) is 12.3. The summed E-state index contributed by atoms with van der Waals surface area (Å²) in [6, 6.07) is 12.8. The molecule has 1 aliphatic heterocycles. The predicted molar refractivity (Wildman–Crippen MR) is 137 cm³/mol. The molecular formula is C26H31N3O4S. The van der Waals surface area contributed by atoms with Crippen LogP contribution in [-0.2, 0) is 14.3 Å². The zero-order valence-electron chi connectivity index (χ0n) is 20.2. The van der Waals surface area contributed by atoms with E-state index in [0.717, 1.165) is 22.4 Å². The lowest BCUT2D eigenvalue weighted by atomic mass is 9.96. The molecule has 34 heavy (non-hydrogen) atoms. The number of nitrogens with one attached hydrogen (secondary N) is 2. The van der Waals surface area contributed by atoms with Gasteiger partial charge in [-0.1, -0.05) is 48.2 Å². The third kappa shape index (κ3) is 5.99. The van der Waals surface area contributed by atoms with E-state index in [0.29, 0.717) is 28.8 Å². The monoisotopic (exact) mass is 481 g/mol. The Kier molecular flexibility index (Phi) is 8.76. The van der Waals surface area contributed by atoms with Gasteiger partial charge in [-0.25, -0.2) is 9.79 Å². The van der Waals surface area contributed by atoms with Gasteiger partial charge in [0, 0.05) is 16.9 Å². The second kappa shape index (κ2) is 11.7. The summed E-state index contributed by atoms with van der Waals surface area (Å²) in [7, 11) is 0. The lowest BCUT2D eigenvalue weighted by molar-refractivity contribution is -0.139. The highest BCUT2D eigenvalue weighted by atomic mass is 32.2. The molecule has 1 amide bonds. The van der Waals surface area contributed by atoms with E-state index in [-0.39, 0.29) is 18.3 Å². The first-order valence-electron chi connectivity index (χ1n) is 11.3. The van der Waals surface area contributed by atoms with Gasteiger partial charge >= 0.3 is 5.97 Å². The fourth-order valence-electron chi connectivity index (χ4n) is 3.73. The highest BCUT2D eigenvalue weighted by molar-refractivity contribution is 8.14. The first kappa shape index (κ1) is 25.4. The van der Waals surface area contributed by atoms with Crippen molar-refractivity contribution in [3.63, 3.8) is 0 Å². The van der Waals surface area contributed by atoms with Crippen molar-refractivity contribution in [3.05, 3.63) is 70.4 Å². The molecular weight excluding hydrogens is 450 g/mol. The van der Waals surface area contributed by atoms with Crippen molar-refractivity contribution in [1.29, 1.82) is 0 Å². The van der Waals surface area contributed by atoms with Crippen LogP contribution in [0.5, 0.6) is 5.75 Å². The van der Waals surface area contributed by atoms with Crippen LogP contribution in [0.2, 0.25) is 0 Å². The van der Waals surface area contributed by atoms with Crippen molar-refractivity contribution in [2.24, 2.45) is 4.99 Å². The number of hydrogen-bond acceptors (Lipinski definition) is 7. The molecule has 0 spiro atoms. The number of ether oxygens (including phenoxy) is 2. The summed E-state index contributed by atoms with van der Waals surface area (Å²) in [5.74, 6) is 0.272. The fourth-order valence-corrected chi connectivity index (χ4v) is 4.48. The number of benzene rings is 2. The minimum absolute atomic E-state index is 0.129. The quantitative estimate of drug-likeness (QED) is 0.521. The van der Waals surface area contributed by atoms with E-state index in [1.807, 2.05) is 70.2 Å². The second-order valence-corrected chi connectivity index (χ2v) is 8.76. The molecule has 1 heterocycles. The Labute approximate surface area is 205 Å².